The molecule has 0 aliphatic heterocycles. The Morgan fingerprint density at radius 2 is 2.25 bits per heavy atom. The highest BCUT2D eigenvalue weighted by molar-refractivity contribution is 5.73. The van der Waals surface area contributed by atoms with Crippen LogP contribution >= 0.6 is 0 Å². The predicted octanol–water partition coefficient (Wildman–Crippen LogP) is 4.05. The van der Waals surface area contributed by atoms with Crippen LogP contribution in [-0.2, 0) is 4.79 Å². The third-order valence-corrected chi connectivity index (χ3v) is 4.82. The smallest absolute Gasteiger partial charge is 0.145 e. The van der Waals surface area contributed by atoms with Crippen LogP contribution in [0, 0.1) is 11.3 Å². The van der Waals surface area contributed by atoms with E-state index in [1.165, 1.54) is 24.8 Å². The Morgan fingerprint density at radius 1 is 1.50 bits per heavy atom. The van der Waals surface area contributed by atoms with Gasteiger partial charge in [-0.3, -0.25) is 4.79 Å². The summed E-state index contributed by atoms with van der Waals surface area (Å²) in [4.78, 5) is 10.9. The Balaban J connectivity index is 2.33. The lowest BCUT2D eigenvalue weighted by molar-refractivity contribution is -0.104. The van der Waals surface area contributed by atoms with Gasteiger partial charge in [0, 0.05) is 0 Å². The molecule has 0 unspecified atom stereocenters. The first-order valence-corrected chi connectivity index (χ1v) is 6.41. The molecule has 0 N–H and O–H groups in total. The van der Waals surface area contributed by atoms with Crippen molar-refractivity contribution in [2.75, 3.05) is 0 Å². The zero-order valence-electron chi connectivity index (χ0n) is 10.7. The highest BCUT2D eigenvalue weighted by atomic mass is 16.1. The fraction of sp³-hybridized carbons (Fsp3) is 0.667. The number of carbonyl (C=O) groups excluding carboxylic acids is 1. The second-order valence-electron chi connectivity index (χ2n) is 5.71. The van der Waals surface area contributed by atoms with Crippen molar-refractivity contribution in [2.45, 2.75) is 52.9 Å². The molecule has 0 bridgehead atoms. The molecule has 0 aromatic carbocycles. The van der Waals surface area contributed by atoms with Gasteiger partial charge in [-0.15, -0.1) is 0 Å². The minimum atomic E-state index is 0.329. The van der Waals surface area contributed by atoms with Crippen molar-refractivity contribution < 1.29 is 4.79 Å². The molecule has 0 aromatic rings. The zero-order valence-corrected chi connectivity index (χ0v) is 10.7. The van der Waals surface area contributed by atoms with Gasteiger partial charge in [0.2, 0.25) is 0 Å². The maximum absolute atomic E-state index is 10.9. The van der Waals surface area contributed by atoms with Crippen LogP contribution in [0.25, 0.3) is 0 Å². The minimum absolute atomic E-state index is 0.329. The molecular formula is C15H22O. The first-order chi connectivity index (χ1) is 7.58. The van der Waals surface area contributed by atoms with Gasteiger partial charge in [-0.1, -0.05) is 31.1 Å². The summed E-state index contributed by atoms with van der Waals surface area (Å²) in [5, 5.41) is 0. The summed E-state index contributed by atoms with van der Waals surface area (Å²) < 4.78 is 0. The van der Waals surface area contributed by atoms with Gasteiger partial charge in [0.15, 0.2) is 0 Å². The number of rotatable bonds is 1. The van der Waals surface area contributed by atoms with Gasteiger partial charge in [-0.2, -0.15) is 0 Å². The van der Waals surface area contributed by atoms with E-state index in [1.54, 1.807) is 5.57 Å². The molecule has 0 radical (unpaired) electrons. The van der Waals surface area contributed by atoms with Gasteiger partial charge in [-0.05, 0) is 55.9 Å². The molecule has 2 aliphatic rings. The van der Waals surface area contributed by atoms with Crippen molar-refractivity contribution in [1.29, 1.82) is 0 Å². The Morgan fingerprint density at radius 3 is 2.94 bits per heavy atom. The second-order valence-corrected chi connectivity index (χ2v) is 5.71. The van der Waals surface area contributed by atoms with Crippen LogP contribution in [0.4, 0.5) is 0 Å². The van der Waals surface area contributed by atoms with Crippen LogP contribution in [-0.4, -0.2) is 6.29 Å². The molecule has 2 atom stereocenters. The zero-order chi connectivity index (χ0) is 11.8. The number of aldehydes is 1. The topological polar surface area (TPSA) is 17.1 Å². The lowest BCUT2D eigenvalue weighted by Crippen LogP contribution is -2.34. The van der Waals surface area contributed by atoms with Crippen LogP contribution in [0.5, 0.6) is 0 Å². The highest BCUT2D eigenvalue weighted by Crippen LogP contribution is 2.52. The SMILES string of the molecule is C/C(C=O)=C1/CCC2=CCC[C@@H](C)[C@]2(C)C1. The van der Waals surface area contributed by atoms with Crippen molar-refractivity contribution in [2.24, 2.45) is 11.3 Å². The van der Waals surface area contributed by atoms with Gasteiger partial charge >= 0.3 is 0 Å². The van der Waals surface area contributed by atoms with Crippen molar-refractivity contribution in [1.82, 2.24) is 0 Å². The largest absolute Gasteiger partial charge is 0.298 e. The summed E-state index contributed by atoms with van der Waals surface area (Å²) in [6.45, 7) is 6.72. The molecule has 2 aliphatic carbocycles. The van der Waals surface area contributed by atoms with Gasteiger partial charge in [0.05, 0.1) is 0 Å². The number of allylic oxidation sites excluding steroid dienone is 4. The first kappa shape index (κ1) is 11.6. The summed E-state index contributed by atoms with van der Waals surface area (Å²) in [5.41, 5.74) is 4.34. The Labute approximate surface area is 98.6 Å². The maximum atomic E-state index is 10.9. The summed E-state index contributed by atoms with van der Waals surface area (Å²) in [7, 11) is 0. The van der Waals surface area contributed by atoms with E-state index >= 15 is 0 Å². The van der Waals surface area contributed by atoms with E-state index in [9.17, 15) is 4.79 Å². The van der Waals surface area contributed by atoms with Crippen LogP contribution in [0.2, 0.25) is 0 Å². The third-order valence-electron chi connectivity index (χ3n) is 4.82. The average molecular weight is 218 g/mol. The Hall–Kier alpha value is -0.850. The molecule has 2 rings (SSSR count). The quantitative estimate of drug-likeness (QED) is 0.368. The molecule has 1 fully saturated rings. The van der Waals surface area contributed by atoms with Crippen LogP contribution in [0.1, 0.15) is 52.9 Å². The standard InChI is InChI=1S/C15H22O/c1-11(10-16)13-7-8-14-6-4-5-12(2)15(14,3)9-13/h6,10,12H,4-5,7-9H2,1-3H3/b13-11+/t12-,15+/m1/s1. The first-order valence-electron chi connectivity index (χ1n) is 6.41. The van der Waals surface area contributed by atoms with Crippen LogP contribution in [0.3, 0.4) is 0 Å². The number of hydrogen-bond donors (Lipinski definition) is 0. The fourth-order valence-corrected chi connectivity index (χ4v) is 3.29. The second kappa shape index (κ2) is 4.20. The molecule has 1 saturated carbocycles. The van der Waals surface area contributed by atoms with E-state index in [-0.39, 0.29) is 0 Å². The van der Waals surface area contributed by atoms with Gasteiger partial charge in [-0.25, -0.2) is 0 Å². The van der Waals surface area contributed by atoms with Crippen molar-refractivity contribution in [3.63, 3.8) is 0 Å². The van der Waals surface area contributed by atoms with Crippen LogP contribution in [0.15, 0.2) is 22.8 Å². The van der Waals surface area contributed by atoms with E-state index < -0.39 is 0 Å². The van der Waals surface area contributed by atoms with E-state index in [4.69, 9.17) is 0 Å². The summed E-state index contributed by atoms with van der Waals surface area (Å²) in [6.07, 6.45) is 9.39. The molecule has 0 aromatic heterocycles. The van der Waals surface area contributed by atoms with Crippen molar-refractivity contribution in [3.8, 4) is 0 Å². The Bertz CT molecular complexity index is 362. The molecule has 16 heavy (non-hydrogen) atoms. The van der Waals surface area contributed by atoms with Gasteiger partial charge in [0.1, 0.15) is 6.29 Å². The van der Waals surface area contributed by atoms with Crippen LogP contribution < -0.4 is 0 Å². The molecular weight excluding hydrogens is 196 g/mol. The molecule has 0 heterocycles. The number of carbonyl (C=O) groups is 1. The lowest BCUT2D eigenvalue weighted by Gasteiger charge is -2.45. The normalized spacial score (nSPS) is 37.4. The highest BCUT2D eigenvalue weighted by Gasteiger charge is 2.39. The lowest BCUT2D eigenvalue weighted by atomic mass is 9.59. The predicted molar refractivity (Wildman–Crippen MR) is 67.2 cm³/mol. The van der Waals surface area contributed by atoms with E-state index in [0.29, 0.717) is 5.41 Å². The molecule has 88 valence electrons. The molecule has 1 nitrogen and oxygen atoms in total. The minimum Gasteiger partial charge on any atom is -0.298 e. The monoisotopic (exact) mass is 218 g/mol. The summed E-state index contributed by atoms with van der Waals surface area (Å²) in [6, 6.07) is 0. The Kier molecular flexibility index (Phi) is 3.05. The molecule has 0 amide bonds. The summed E-state index contributed by atoms with van der Waals surface area (Å²) in [5.74, 6) is 0.752. The van der Waals surface area contributed by atoms with Gasteiger partial charge in [0.25, 0.3) is 0 Å². The number of fused-ring (bicyclic) bond motifs is 1. The molecule has 1 heteroatoms. The average Bonchev–Trinajstić information content (AvgIpc) is 2.29. The van der Waals surface area contributed by atoms with E-state index in [0.717, 1.165) is 30.6 Å². The maximum Gasteiger partial charge on any atom is 0.145 e. The molecule has 0 spiro atoms. The van der Waals surface area contributed by atoms with E-state index in [1.807, 2.05) is 6.92 Å². The molecule has 0 saturated heterocycles. The van der Waals surface area contributed by atoms with Gasteiger partial charge < -0.3 is 0 Å². The third kappa shape index (κ3) is 1.77. The van der Waals surface area contributed by atoms with Crippen molar-refractivity contribution in [3.05, 3.63) is 22.8 Å². The summed E-state index contributed by atoms with van der Waals surface area (Å²) >= 11 is 0. The van der Waals surface area contributed by atoms with E-state index in [2.05, 4.69) is 19.9 Å². The fourth-order valence-electron chi connectivity index (χ4n) is 3.29. The number of hydrogen-bond acceptors (Lipinski definition) is 1. The van der Waals surface area contributed by atoms with Crippen molar-refractivity contribution >= 4 is 6.29 Å².